The highest BCUT2D eigenvalue weighted by molar-refractivity contribution is 5.99. The Morgan fingerprint density at radius 3 is 2.50 bits per heavy atom. The maximum atomic E-state index is 12.6. The maximum Gasteiger partial charge on any atom is 0.417 e. The van der Waals surface area contributed by atoms with Gasteiger partial charge in [0, 0.05) is 5.56 Å². The Hall–Kier alpha value is -1.52. The molecule has 0 radical (unpaired) electrons. The van der Waals surface area contributed by atoms with Crippen LogP contribution in [0.2, 0.25) is 0 Å². The van der Waals surface area contributed by atoms with E-state index in [1.165, 1.54) is 25.1 Å². The van der Waals surface area contributed by atoms with Crippen molar-refractivity contribution < 1.29 is 18.0 Å². The van der Waals surface area contributed by atoms with Gasteiger partial charge in [-0.1, -0.05) is 23.4 Å². The second-order valence-corrected chi connectivity index (χ2v) is 3.14. The SMILES string of the molecule is CCO/N=C(\C)c1ccccc1C(F)(F)F. The molecule has 5 heteroatoms. The number of nitrogens with zero attached hydrogens (tertiary/aromatic N) is 1. The van der Waals surface area contributed by atoms with E-state index in [-0.39, 0.29) is 11.3 Å². The van der Waals surface area contributed by atoms with Gasteiger partial charge in [-0.25, -0.2) is 0 Å². The smallest absolute Gasteiger partial charge is 0.396 e. The molecule has 0 fully saturated rings. The summed E-state index contributed by atoms with van der Waals surface area (Å²) in [4.78, 5) is 4.74. The number of rotatable bonds is 3. The molecule has 16 heavy (non-hydrogen) atoms. The molecule has 1 rings (SSSR count). The van der Waals surface area contributed by atoms with E-state index < -0.39 is 11.7 Å². The molecule has 0 saturated carbocycles. The van der Waals surface area contributed by atoms with E-state index >= 15 is 0 Å². The number of oxime groups is 1. The first kappa shape index (κ1) is 12.5. The predicted octanol–water partition coefficient (Wildman–Crippen LogP) is 3.47. The highest BCUT2D eigenvalue weighted by Crippen LogP contribution is 2.32. The van der Waals surface area contributed by atoms with Crippen LogP contribution in [0, 0.1) is 0 Å². The van der Waals surface area contributed by atoms with Crippen molar-refractivity contribution in [1.82, 2.24) is 0 Å². The van der Waals surface area contributed by atoms with Gasteiger partial charge in [-0.2, -0.15) is 13.2 Å². The first-order valence-electron chi connectivity index (χ1n) is 4.80. The van der Waals surface area contributed by atoms with Gasteiger partial charge in [-0.3, -0.25) is 0 Å². The third-order valence-electron chi connectivity index (χ3n) is 1.95. The molecule has 0 aromatic heterocycles. The standard InChI is InChI=1S/C11H12F3NO/c1-3-16-15-8(2)9-6-4-5-7-10(9)11(12,13)14/h4-7H,3H2,1-2H3/b15-8+. The number of alkyl halides is 3. The molecule has 0 aliphatic rings. The van der Waals surface area contributed by atoms with Crippen LogP contribution in [0.1, 0.15) is 25.0 Å². The van der Waals surface area contributed by atoms with E-state index in [1.54, 1.807) is 6.92 Å². The van der Waals surface area contributed by atoms with Crippen LogP contribution in [-0.4, -0.2) is 12.3 Å². The van der Waals surface area contributed by atoms with Gasteiger partial charge >= 0.3 is 6.18 Å². The number of hydrogen-bond acceptors (Lipinski definition) is 2. The fourth-order valence-corrected chi connectivity index (χ4v) is 1.26. The van der Waals surface area contributed by atoms with Gasteiger partial charge in [-0.15, -0.1) is 0 Å². The Kier molecular flexibility index (Phi) is 3.93. The van der Waals surface area contributed by atoms with Crippen molar-refractivity contribution in [2.45, 2.75) is 20.0 Å². The number of hydrogen-bond donors (Lipinski definition) is 0. The molecule has 0 amide bonds. The monoisotopic (exact) mass is 231 g/mol. The maximum absolute atomic E-state index is 12.6. The van der Waals surface area contributed by atoms with Crippen molar-refractivity contribution in [2.24, 2.45) is 5.16 Å². The molecule has 0 bridgehead atoms. The van der Waals surface area contributed by atoms with Crippen LogP contribution in [0.25, 0.3) is 0 Å². The van der Waals surface area contributed by atoms with Gasteiger partial charge < -0.3 is 4.84 Å². The Morgan fingerprint density at radius 2 is 1.94 bits per heavy atom. The Balaban J connectivity index is 3.14. The third-order valence-corrected chi connectivity index (χ3v) is 1.95. The molecule has 0 aliphatic heterocycles. The van der Waals surface area contributed by atoms with Gasteiger partial charge in [-0.05, 0) is 19.9 Å². The van der Waals surface area contributed by atoms with Crippen molar-refractivity contribution in [3.63, 3.8) is 0 Å². The summed E-state index contributed by atoms with van der Waals surface area (Å²) in [5, 5.41) is 3.60. The van der Waals surface area contributed by atoms with E-state index in [1.807, 2.05) is 0 Å². The van der Waals surface area contributed by atoms with E-state index in [4.69, 9.17) is 4.84 Å². The molecular formula is C11H12F3NO. The van der Waals surface area contributed by atoms with Crippen molar-refractivity contribution >= 4 is 5.71 Å². The minimum Gasteiger partial charge on any atom is -0.396 e. The van der Waals surface area contributed by atoms with Crippen molar-refractivity contribution in [3.8, 4) is 0 Å². The first-order chi connectivity index (χ1) is 7.46. The summed E-state index contributed by atoms with van der Waals surface area (Å²) in [6, 6.07) is 5.29. The quantitative estimate of drug-likeness (QED) is 0.576. The summed E-state index contributed by atoms with van der Waals surface area (Å²) < 4.78 is 37.9. The fraction of sp³-hybridized carbons (Fsp3) is 0.364. The van der Waals surface area contributed by atoms with Crippen LogP contribution >= 0.6 is 0 Å². The average Bonchev–Trinajstić information content (AvgIpc) is 2.24. The molecule has 0 atom stereocenters. The zero-order chi connectivity index (χ0) is 12.2. The molecule has 0 unspecified atom stereocenters. The average molecular weight is 231 g/mol. The molecule has 0 heterocycles. The fourth-order valence-electron chi connectivity index (χ4n) is 1.26. The summed E-state index contributed by atoms with van der Waals surface area (Å²) in [6.45, 7) is 3.53. The van der Waals surface area contributed by atoms with Crippen molar-refractivity contribution in [2.75, 3.05) is 6.61 Å². The van der Waals surface area contributed by atoms with Crippen LogP contribution in [0.4, 0.5) is 13.2 Å². The lowest BCUT2D eigenvalue weighted by Gasteiger charge is -2.11. The molecule has 0 N–H and O–H groups in total. The van der Waals surface area contributed by atoms with Gasteiger partial charge in [0.05, 0.1) is 11.3 Å². The second-order valence-electron chi connectivity index (χ2n) is 3.14. The predicted molar refractivity (Wildman–Crippen MR) is 55.3 cm³/mol. The van der Waals surface area contributed by atoms with E-state index in [0.29, 0.717) is 6.61 Å². The summed E-state index contributed by atoms with van der Waals surface area (Å²) in [5.74, 6) is 0. The molecule has 0 spiro atoms. The molecule has 1 aromatic carbocycles. The highest BCUT2D eigenvalue weighted by Gasteiger charge is 2.33. The molecule has 88 valence electrons. The zero-order valence-corrected chi connectivity index (χ0v) is 9.01. The molecule has 2 nitrogen and oxygen atoms in total. The Labute approximate surface area is 91.7 Å². The third kappa shape index (κ3) is 2.98. The summed E-state index contributed by atoms with van der Waals surface area (Å²) in [6.07, 6.45) is -4.38. The van der Waals surface area contributed by atoms with Gasteiger partial charge in [0.2, 0.25) is 0 Å². The summed E-state index contributed by atoms with van der Waals surface area (Å²) in [5.41, 5.74) is -0.436. The van der Waals surface area contributed by atoms with Crippen molar-refractivity contribution in [3.05, 3.63) is 35.4 Å². The van der Waals surface area contributed by atoms with Gasteiger partial charge in [0.25, 0.3) is 0 Å². The van der Waals surface area contributed by atoms with Crippen LogP contribution in [0.3, 0.4) is 0 Å². The van der Waals surface area contributed by atoms with E-state index in [2.05, 4.69) is 5.16 Å². The normalized spacial score (nSPS) is 12.7. The molecule has 0 saturated heterocycles. The first-order valence-corrected chi connectivity index (χ1v) is 4.80. The highest BCUT2D eigenvalue weighted by atomic mass is 19.4. The Bertz CT molecular complexity index is 385. The molecular weight excluding hydrogens is 219 g/mol. The summed E-state index contributed by atoms with van der Waals surface area (Å²) >= 11 is 0. The van der Waals surface area contributed by atoms with Gasteiger partial charge in [0.1, 0.15) is 6.61 Å². The topological polar surface area (TPSA) is 21.6 Å². The zero-order valence-electron chi connectivity index (χ0n) is 9.01. The lowest BCUT2D eigenvalue weighted by Crippen LogP contribution is -2.12. The Morgan fingerprint density at radius 1 is 1.31 bits per heavy atom. The van der Waals surface area contributed by atoms with Gasteiger partial charge in [0.15, 0.2) is 0 Å². The van der Waals surface area contributed by atoms with Crippen LogP contribution in [-0.2, 0) is 11.0 Å². The summed E-state index contributed by atoms with van der Waals surface area (Å²) in [7, 11) is 0. The lowest BCUT2D eigenvalue weighted by molar-refractivity contribution is -0.137. The van der Waals surface area contributed by atoms with Crippen LogP contribution < -0.4 is 0 Å². The van der Waals surface area contributed by atoms with E-state index in [9.17, 15) is 13.2 Å². The largest absolute Gasteiger partial charge is 0.417 e. The van der Waals surface area contributed by atoms with Crippen LogP contribution in [0.5, 0.6) is 0 Å². The van der Waals surface area contributed by atoms with Crippen molar-refractivity contribution in [1.29, 1.82) is 0 Å². The number of benzene rings is 1. The number of halogens is 3. The van der Waals surface area contributed by atoms with Crippen LogP contribution in [0.15, 0.2) is 29.4 Å². The minimum absolute atomic E-state index is 0.0449. The second kappa shape index (κ2) is 5.01. The molecule has 0 aliphatic carbocycles. The van der Waals surface area contributed by atoms with E-state index in [0.717, 1.165) is 6.07 Å². The lowest BCUT2D eigenvalue weighted by atomic mass is 10.0. The minimum atomic E-state index is -4.38. The molecule has 1 aromatic rings.